The second-order valence-electron chi connectivity index (χ2n) is 8.31. The molecule has 0 radical (unpaired) electrons. The first-order valence-electron chi connectivity index (χ1n) is 10.3. The minimum Gasteiger partial charge on any atom is -0.480 e. The Bertz CT molecular complexity index is 1170. The molecule has 0 bridgehead atoms. The number of aromatic amines is 1. The molecule has 0 aliphatic heterocycles. The number of carbonyl (C=O) groups excluding carboxylic acids is 4. The van der Waals surface area contributed by atoms with E-state index in [-0.39, 0.29) is 34.4 Å². The van der Waals surface area contributed by atoms with E-state index in [1.807, 2.05) is 0 Å². The number of benzene rings is 1. The quantitative estimate of drug-likeness (QED) is 0.235. The average molecular weight is 557 g/mol. The van der Waals surface area contributed by atoms with E-state index < -0.39 is 41.1 Å². The Morgan fingerprint density at radius 1 is 1.19 bits per heavy atom. The van der Waals surface area contributed by atoms with Crippen molar-refractivity contribution in [1.82, 2.24) is 20.6 Å². The highest BCUT2D eigenvalue weighted by atomic mass is 35.5. The molecule has 7 N–H and O–H groups in total. The highest BCUT2D eigenvalue weighted by molar-refractivity contribution is 8.76. The van der Waals surface area contributed by atoms with E-state index in [4.69, 9.17) is 17.3 Å². The summed E-state index contributed by atoms with van der Waals surface area (Å²) in [5.74, 6) is -3.43. The number of nitrogens with zero attached hydrogens (tertiary/aromatic N) is 1. The molecule has 15 heteroatoms. The summed E-state index contributed by atoms with van der Waals surface area (Å²) in [6, 6.07) is 2.91. The first kappa shape index (κ1) is 29.2. The lowest BCUT2D eigenvalue weighted by molar-refractivity contribution is -0.140. The fourth-order valence-electron chi connectivity index (χ4n) is 2.38. The monoisotopic (exact) mass is 556 g/mol. The molecule has 2 aromatic rings. The number of rotatable bonds is 10. The first-order valence-corrected chi connectivity index (χ1v) is 13.0. The van der Waals surface area contributed by atoms with Gasteiger partial charge in [-0.05, 0) is 29.0 Å². The molecule has 4 amide bonds. The first-order chi connectivity index (χ1) is 16.8. The van der Waals surface area contributed by atoms with Crippen molar-refractivity contribution in [1.29, 1.82) is 0 Å². The standard InChI is InChI=1S/C21H25ClN6O6S2/c1-21(2,3)19(34)27-16(30)10-4-5-12(22)11(6-10)17(31)28-20-24-8-15(26-20)36-35-9-13(18(32)33)25-14(29)7-23/h4-6,8,13H,7,9,23H2,1-3H3,(H,25,29)(H,32,33)(H,27,30,34)(H2,24,26,28,31)/t13-/m0/s1. The number of aliphatic carboxylic acids is 1. The molecule has 2 rings (SSSR count). The molecule has 194 valence electrons. The Morgan fingerprint density at radius 2 is 1.89 bits per heavy atom. The van der Waals surface area contributed by atoms with Crippen molar-refractivity contribution in [3.8, 4) is 0 Å². The number of carboxylic acids is 1. The van der Waals surface area contributed by atoms with Crippen molar-refractivity contribution >= 4 is 68.7 Å². The van der Waals surface area contributed by atoms with Gasteiger partial charge >= 0.3 is 5.97 Å². The summed E-state index contributed by atoms with van der Waals surface area (Å²) in [6.45, 7) is 4.66. The van der Waals surface area contributed by atoms with Gasteiger partial charge in [-0.25, -0.2) is 9.78 Å². The molecular weight excluding hydrogens is 532 g/mol. The third-order valence-corrected chi connectivity index (χ3v) is 6.97. The number of carboxylic acid groups (broad SMARTS) is 1. The van der Waals surface area contributed by atoms with Crippen LogP contribution in [0.5, 0.6) is 0 Å². The number of carbonyl (C=O) groups is 5. The van der Waals surface area contributed by atoms with Gasteiger partial charge in [-0.15, -0.1) is 0 Å². The van der Waals surface area contributed by atoms with Crippen LogP contribution in [0.15, 0.2) is 29.4 Å². The zero-order chi connectivity index (χ0) is 27.0. The summed E-state index contributed by atoms with van der Waals surface area (Å²) in [7, 11) is 2.29. The number of anilines is 1. The second kappa shape index (κ2) is 12.8. The average Bonchev–Trinajstić information content (AvgIpc) is 3.24. The van der Waals surface area contributed by atoms with Crippen LogP contribution < -0.4 is 21.7 Å². The second-order valence-corrected chi connectivity index (χ2v) is 11.1. The van der Waals surface area contributed by atoms with E-state index in [2.05, 4.69) is 25.9 Å². The summed E-state index contributed by atoms with van der Waals surface area (Å²) in [5.41, 5.74) is 4.48. The number of hydrogen-bond acceptors (Lipinski definition) is 9. The number of aromatic nitrogens is 2. The van der Waals surface area contributed by atoms with Gasteiger partial charge in [0.05, 0.1) is 23.3 Å². The summed E-state index contributed by atoms with van der Waals surface area (Å²) in [6.07, 6.45) is 1.42. The number of imidazole rings is 1. The number of hydrogen-bond donors (Lipinski definition) is 6. The fraction of sp³-hybridized carbons (Fsp3) is 0.333. The number of H-pyrrole nitrogens is 1. The number of halogens is 1. The normalized spacial score (nSPS) is 11.9. The van der Waals surface area contributed by atoms with Crippen LogP contribution in [0.4, 0.5) is 5.95 Å². The maximum atomic E-state index is 12.7. The summed E-state index contributed by atoms with van der Waals surface area (Å²) in [4.78, 5) is 66.7. The van der Waals surface area contributed by atoms with Crippen molar-refractivity contribution in [3.63, 3.8) is 0 Å². The Balaban J connectivity index is 2.00. The lowest BCUT2D eigenvalue weighted by atomic mass is 9.95. The van der Waals surface area contributed by atoms with Crippen LogP contribution in [-0.2, 0) is 14.4 Å². The van der Waals surface area contributed by atoms with Crippen molar-refractivity contribution in [3.05, 3.63) is 40.5 Å². The van der Waals surface area contributed by atoms with Crippen molar-refractivity contribution in [2.24, 2.45) is 11.1 Å². The highest BCUT2D eigenvalue weighted by Crippen LogP contribution is 2.31. The van der Waals surface area contributed by atoms with Crippen LogP contribution in [-0.4, -0.2) is 63.0 Å². The van der Waals surface area contributed by atoms with E-state index in [0.717, 1.165) is 21.6 Å². The van der Waals surface area contributed by atoms with Gasteiger partial charge in [0.25, 0.3) is 11.8 Å². The summed E-state index contributed by atoms with van der Waals surface area (Å²) >= 11 is 6.13. The van der Waals surface area contributed by atoms with Crippen molar-refractivity contribution in [2.45, 2.75) is 31.8 Å². The van der Waals surface area contributed by atoms with Gasteiger partial charge in [-0.3, -0.25) is 29.8 Å². The van der Waals surface area contributed by atoms with Crippen LogP contribution in [0.25, 0.3) is 0 Å². The van der Waals surface area contributed by atoms with Gasteiger partial charge < -0.3 is 21.1 Å². The van der Waals surface area contributed by atoms with E-state index in [1.54, 1.807) is 20.8 Å². The third kappa shape index (κ3) is 8.55. The SMILES string of the molecule is CC(C)(C)C(=O)NC(=O)c1ccc(Cl)c(C(=O)Nc2ncc(SSC[C@H](NC(=O)CN)C(=O)O)[nH]2)c1. The predicted octanol–water partition coefficient (Wildman–Crippen LogP) is 1.89. The Labute approximate surface area is 219 Å². The van der Waals surface area contributed by atoms with Crippen LogP contribution >= 0.6 is 33.2 Å². The van der Waals surface area contributed by atoms with E-state index >= 15 is 0 Å². The van der Waals surface area contributed by atoms with E-state index in [1.165, 1.54) is 24.4 Å². The number of imide groups is 1. The molecule has 1 heterocycles. The Hall–Kier alpha value is -3.07. The molecule has 0 spiro atoms. The minimum atomic E-state index is -1.20. The molecule has 0 unspecified atom stereocenters. The van der Waals surface area contributed by atoms with Gasteiger partial charge in [0, 0.05) is 16.7 Å². The molecule has 1 aromatic carbocycles. The van der Waals surface area contributed by atoms with Crippen LogP contribution in [0.1, 0.15) is 41.5 Å². The lowest BCUT2D eigenvalue weighted by Crippen LogP contribution is -2.44. The zero-order valence-corrected chi connectivity index (χ0v) is 21.9. The third-order valence-electron chi connectivity index (χ3n) is 4.37. The number of nitrogens with two attached hydrogens (primary N) is 1. The number of amides is 4. The smallest absolute Gasteiger partial charge is 0.327 e. The van der Waals surface area contributed by atoms with Gasteiger partial charge in [-0.1, -0.05) is 43.2 Å². The van der Waals surface area contributed by atoms with Crippen molar-refractivity contribution in [2.75, 3.05) is 17.6 Å². The maximum absolute atomic E-state index is 12.7. The van der Waals surface area contributed by atoms with Crippen molar-refractivity contribution < 1.29 is 29.1 Å². The molecule has 1 atom stereocenters. The Kier molecular flexibility index (Phi) is 10.3. The van der Waals surface area contributed by atoms with Gasteiger partial charge in [-0.2, -0.15) is 0 Å². The molecule has 12 nitrogen and oxygen atoms in total. The van der Waals surface area contributed by atoms with Crippen LogP contribution in [0, 0.1) is 5.41 Å². The van der Waals surface area contributed by atoms with E-state index in [9.17, 15) is 29.1 Å². The van der Waals surface area contributed by atoms with Crippen LogP contribution in [0.2, 0.25) is 5.02 Å². The predicted molar refractivity (Wildman–Crippen MR) is 137 cm³/mol. The fourth-order valence-corrected chi connectivity index (χ4v) is 4.62. The minimum absolute atomic E-state index is 0.00699. The molecule has 0 saturated heterocycles. The Morgan fingerprint density at radius 3 is 2.50 bits per heavy atom. The highest BCUT2D eigenvalue weighted by Gasteiger charge is 2.24. The molecule has 0 fully saturated rings. The summed E-state index contributed by atoms with van der Waals surface area (Å²) < 4.78 is 0. The molecule has 0 aliphatic carbocycles. The van der Waals surface area contributed by atoms with E-state index in [0.29, 0.717) is 5.03 Å². The molecule has 0 saturated carbocycles. The van der Waals surface area contributed by atoms with Gasteiger partial charge in [0.2, 0.25) is 17.8 Å². The van der Waals surface area contributed by atoms with Gasteiger partial charge in [0.15, 0.2) is 0 Å². The van der Waals surface area contributed by atoms with Gasteiger partial charge in [0.1, 0.15) is 11.1 Å². The zero-order valence-electron chi connectivity index (χ0n) is 19.5. The van der Waals surface area contributed by atoms with Crippen LogP contribution in [0.3, 0.4) is 0 Å². The molecular formula is C21H25ClN6O6S2. The molecule has 1 aromatic heterocycles. The molecule has 36 heavy (non-hydrogen) atoms. The largest absolute Gasteiger partial charge is 0.480 e. The molecule has 0 aliphatic rings. The number of nitrogens with one attached hydrogen (secondary N) is 4. The maximum Gasteiger partial charge on any atom is 0.327 e. The topological polar surface area (TPSA) is 196 Å². The summed E-state index contributed by atoms with van der Waals surface area (Å²) in [5, 5.41) is 16.9. The lowest BCUT2D eigenvalue weighted by Gasteiger charge is -2.17.